The average Bonchev–Trinajstić information content (AvgIpc) is 2.69. The topological polar surface area (TPSA) is 157 Å². The summed E-state index contributed by atoms with van der Waals surface area (Å²) in [5.41, 5.74) is 16.9. The van der Waals surface area contributed by atoms with Gasteiger partial charge in [-0.1, -0.05) is 6.07 Å². The summed E-state index contributed by atoms with van der Waals surface area (Å²) < 4.78 is 38.7. The van der Waals surface area contributed by atoms with Crippen LogP contribution in [0, 0.1) is 11.3 Å². The molecule has 12 heteroatoms. The molecule has 30 heavy (non-hydrogen) atoms. The smallest absolute Gasteiger partial charge is 0.374 e. The van der Waals surface area contributed by atoms with Crippen molar-refractivity contribution in [3.05, 3.63) is 41.1 Å². The molecule has 8 nitrogen and oxygen atoms in total. The molecule has 0 aliphatic rings. The highest BCUT2D eigenvalue weighted by Gasteiger charge is 2.30. The number of nitrogens with two attached hydrogens (primary N) is 3. The second-order valence-corrected chi connectivity index (χ2v) is 7.12. The van der Waals surface area contributed by atoms with Crippen LogP contribution < -0.4 is 22.5 Å². The zero-order chi connectivity index (χ0) is 22.5. The van der Waals surface area contributed by atoms with Crippen molar-refractivity contribution in [1.82, 2.24) is 9.97 Å². The predicted octanol–water partition coefficient (Wildman–Crippen LogP) is 2.42. The molecule has 160 valence electrons. The van der Waals surface area contributed by atoms with Gasteiger partial charge in [-0.25, -0.2) is 9.97 Å². The fourth-order valence-corrected chi connectivity index (χ4v) is 3.29. The van der Waals surface area contributed by atoms with Gasteiger partial charge in [-0.3, -0.25) is 4.79 Å². The van der Waals surface area contributed by atoms with Gasteiger partial charge in [-0.05, 0) is 37.3 Å². The second-order valence-electron chi connectivity index (χ2n) is 6.32. The first kappa shape index (κ1) is 23.2. The number of nitriles is 1. The monoisotopic (exact) mass is 439 g/mol. The Morgan fingerprint density at radius 1 is 1.33 bits per heavy atom. The third-order valence-corrected chi connectivity index (χ3v) is 4.90. The quantitative estimate of drug-likeness (QED) is 0.361. The van der Waals surface area contributed by atoms with Gasteiger partial charge in [0.2, 0.25) is 11.9 Å². The number of primary amides is 1. The Morgan fingerprint density at radius 2 is 2.03 bits per heavy atom. The number of rotatable bonds is 8. The minimum absolute atomic E-state index is 0.0441. The highest BCUT2D eigenvalue weighted by atomic mass is 32.2. The van der Waals surface area contributed by atoms with Crippen molar-refractivity contribution in [3.8, 4) is 6.07 Å². The van der Waals surface area contributed by atoms with Crippen LogP contribution >= 0.6 is 11.8 Å². The fraction of sp³-hybridized carbons (Fsp3) is 0.333. The second kappa shape index (κ2) is 9.64. The summed E-state index contributed by atoms with van der Waals surface area (Å²) >= 11 is 1.21. The number of hydrogen-bond donors (Lipinski definition) is 4. The van der Waals surface area contributed by atoms with Crippen LogP contribution in [0.4, 0.5) is 24.8 Å². The number of aromatic nitrogens is 2. The Labute approximate surface area is 175 Å². The summed E-state index contributed by atoms with van der Waals surface area (Å²) in [6.07, 6.45) is -2.54. The minimum Gasteiger partial charge on any atom is -0.374 e. The van der Waals surface area contributed by atoms with E-state index in [-0.39, 0.29) is 35.7 Å². The summed E-state index contributed by atoms with van der Waals surface area (Å²) in [6, 6.07) is 4.69. The average molecular weight is 439 g/mol. The molecule has 0 saturated carbocycles. The first-order valence-corrected chi connectivity index (χ1v) is 9.89. The van der Waals surface area contributed by atoms with Crippen molar-refractivity contribution >= 4 is 29.3 Å². The summed E-state index contributed by atoms with van der Waals surface area (Å²) in [5, 5.41) is 12.5. The van der Waals surface area contributed by atoms with Gasteiger partial charge < -0.3 is 22.5 Å². The number of anilines is 2. The molecule has 0 aliphatic heterocycles. The molecule has 0 fully saturated rings. The van der Waals surface area contributed by atoms with Gasteiger partial charge in [0.15, 0.2) is 0 Å². The molecule has 1 heterocycles. The SMILES string of the molecule is CSc1nc(N)nc(C(N)CC[C@H](Nc2cccc(C(F)(F)F)c2)C(N)=O)c1C#N. The highest BCUT2D eigenvalue weighted by molar-refractivity contribution is 7.98. The van der Waals surface area contributed by atoms with Crippen molar-refractivity contribution in [2.45, 2.75) is 36.1 Å². The highest BCUT2D eigenvalue weighted by Crippen LogP contribution is 2.31. The van der Waals surface area contributed by atoms with Crippen LogP contribution in [-0.2, 0) is 11.0 Å². The van der Waals surface area contributed by atoms with Crippen molar-refractivity contribution in [3.63, 3.8) is 0 Å². The molecule has 1 unspecified atom stereocenters. The normalized spacial score (nSPS) is 13.3. The molecule has 7 N–H and O–H groups in total. The van der Waals surface area contributed by atoms with Gasteiger partial charge in [0.05, 0.1) is 11.3 Å². The number of nitrogens with one attached hydrogen (secondary N) is 1. The largest absolute Gasteiger partial charge is 0.416 e. The maximum atomic E-state index is 12.9. The van der Waals surface area contributed by atoms with Crippen LogP contribution in [0.15, 0.2) is 29.3 Å². The van der Waals surface area contributed by atoms with Crippen molar-refractivity contribution in [2.24, 2.45) is 11.5 Å². The maximum Gasteiger partial charge on any atom is 0.416 e. The number of alkyl halides is 3. The zero-order valence-corrected chi connectivity index (χ0v) is 16.7. The van der Waals surface area contributed by atoms with Gasteiger partial charge in [0.1, 0.15) is 22.7 Å². The van der Waals surface area contributed by atoms with Crippen molar-refractivity contribution in [1.29, 1.82) is 5.26 Å². The number of carbonyl (C=O) groups is 1. The lowest BCUT2D eigenvalue weighted by Gasteiger charge is -2.20. The van der Waals surface area contributed by atoms with E-state index < -0.39 is 29.7 Å². The van der Waals surface area contributed by atoms with E-state index in [1.807, 2.05) is 6.07 Å². The number of nitrogens with zero attached hydrogens (tertiary/aromatic N) is 3. The van der Waals surface area contributed by atoms with Gasteiger partial charge in [0.25, 0.3) is 0 Å². The van der Waals surface area contributed by atoms with E-state index in [9.17, 15) is 23.2 Å². The minimum atomic E-state index is -4.52. The molecule has 0 radical (unpaired) electrons. The summed E-state index contributed by atoms with van der Waals surface area (Å²) in [5.74, 6) is -0.801. The van der Waals surface area contributed by atoms with Crippen LogP contribution in [-0.4, -0.2) is 28.2 Å². The van der Waals surface area contributed by atoms with E-state index in [2.05, 4.69) is 15.3 Å². The van der Waals surface area contributed by atoms with E-state index >= 15 is 0 Å². The third-order valence-electron chi connectivity index (χ3n) is 4.22. The lowest BCUT2D eigenvalue weighted by Crippen LogP contribution is -2.36. The maximum absolute atomic E-state index is 12.9. The number of benzene rings is 1. The lowest BCUT2D eigenvalue weighted by atomic mass is 10.0. The van der Waals surface area contributed by atoms with Gasteiger partial charge >= 0.3 is 6.18 Å². The third kappa shape index (κ3) is 5.74. The summed E-state index contributed by atoms with van der Waals surface area (Å²) in [6.45, 7) is 0. The lowest BCUT2D eigenvalue weighted by molar-refractivity contribution is -0.137. The molecule has 0 saturated heterocycles. The van der Waals surface area contributed by atoms with Crippen LogP contribution in [0.5, 0.6) is 0 Å². The molecule has 0 aliphatic carbocycles. The molecule has 1 aromatic carbocycles. The number of thioether (sulfide) groups is 1. The number of carbonyl (C=O) groups excluding carboxylic acids is 1. The van der Waals surface area contributed by atoms with Crippen LogP contribution in [0.3, 0.4) is 0 Å². The van der Waals surface area contributed by atoms with E-state index in [0.717, 1.165) is 12.1 Å². The van der Waals surface area contributed by atoms with Gasteiger partial charge in [-0.15, -0.1) is 11.8 Å². The number of hydrogen-bond acceptors (Lipinski definition) is 8. The molecule has 2 aromatic rings. The Morgan fingerprint density at radius 3 is 2.60 bits per heavy atom. The van der Waals surface area contributed by atoms with Crippen LogP contribution in [0.2, 0.25) is 0 Å². The van der Waals surface area contributed by atoms with Gasteiger partial charge in [-0.2, -0.15) is 18.4 Å². The molecule has 2 rings (SSSR count). The van der Waals surface area contributed by atoms with Crippen LogP contribution in [0.25, 0.3) is 0 Å². The van der Waals surface area contributed by atoms with E-state index in [0.29, 0.717) is 5.03 Å². The van der Waals surface area contributed by atoms with Crippen molar-refractivity contribution < 1.29 is 18.0 Å². The fourth-order valence-electron chi connectivity index (χ4n) is 2.75. The molecule has 0 spiro atoms. The predicted molar refractivity (Wildman–Crippen MR) is 107 cm³/mol. The number of nitrogen functional groups attached to an aromatic ring is 1. The molecular formula is C18H20F3N7OS. The molecule has 2 atom stereocenters. The standard InChI is InChI=1S/C18H20F3N7OS/c1-30-16-11(8-22)14(27-17(25)28-16)12(23)5-6-13(15(24)29)26-10-4-2-3-9(7-10)18(19,20)21/h2-4,7,12-13,26H,5-6,23H2,1H3,(H2,24,29)(H2,25,27,28)/t12?,13-/m0/s1. The Kier molecular flexibility index (Phi) is 7.47. The number of halogens is 3. The van der Waals surface area contributed by atoms with E-state index in [1.165, 1.54) is 23.9 Å². The summed E-state index contributed by atoms with van der Waals surface area (Å²) in [4.78, 5) is 19.8. The molecule has 0 bridgehead atoms. The van der Waals surface area contributed by atoms with Crippen molar-refractivity contribution in [2.75, 3.05) is 17.3 Å². The summed E-state index contributed by atoms with van der Waals surface area (Å²) in [7, 11) is 0. The first-order chi connectivity index (χ1) is 14.1. The van der Waals surface area contributed by atoms with E-state index in [4.69, 9.17) is 17.2 Å². The molecule has 1 aromatic heterocycles. The Bertz CT molecular complexity index is 962. The van der Waals surface area contributed by atoms with Crippen LogP contribution in [0.1, 0.15) is 35.7 Å². The number of amides is 1. The molecular weight excluding hydrogens is 419 g/mol. The first-order valence-electron chi connectivity index (χ1n) is 8.67. The zero-order valence-electron chi connectivity index (χ0n) is 15.9. The Balaban J connectivity index is 2.17. The van der Waals surface area contributed by atoms with E-state index in [1.54, 1.807) is 6.26 Å². The van der Waals surface area contributed by atoms with Gasteiger partial charge in [0, 0.05) is 11.7 Å². The molecule has 1 amide bonds. The Hall–Kier alpha value is -3.04.